The normalized spacial score (nSPS) is 17.8. The highest BCUT2D eigenvalue weighted by Crippen LogP contribution is 2.42. The summed E-state index contributed by atoms with van der Waals surface area (Å²) in [6.07, 6.45) is -2.59. The van der Waals surface area contributed by atoms with Gasteiger partial charge in [0.15, 0.2) is 0 Å². The van der Waals surface area contributed by atoms with Crippen molar-refractivity contribution in [3.8, 4) is 17.2 Å². The minimum Gasteiger partial charge on any atom is -0.508 e. The number of nitrogens with one attached hydrogen (secondary N) is 1. The van der Waals surface area contributed by atoms with Crippen LogP contribution in [0.3, 0.4) is 0 Å². The number of benzene rings is 1. The molecule has 1 fully saturated rings. The average Bonchev–Trinajstić information content (AvgIpc) is 2.49. The van der Waals surface area contributed by atoms with Crippen molar-refractivity contribution in [2.75, 3.05) is 40.4 Å². The third-order valence-corrected chi connectivity index (χ3v) is 3.61. The molecule has 0 aromatic heterocycles. The van der Waals surface area contributed by atoms with E-state index in [1.165, 1.54) is 26.4 Å². The Morgan fingerprint density at radius 1 is 1.14 bits per heavy atom. The van der Waals surface area contributed by atoms with E-state index in [0.29, 0.717) is 26.2 Å². The van der Waals surface area contributed by atoms with Crippen LogP contribution in [-0.2, 0) is 0 Å². The van der Waals surface area contributed by atoms with Gasteiger partial charge in [0.25, 0.3) is 6.43 Å². The van der Waals surface area contributed by atoms with Crippen molar-refractivity contribution < 1.29 is 23.4 Å². The molecule has 2 rings (SSSR count). The maximum absolute atomic E-state index is 13.7. The number of phenols is 1. The Morgan fingerprint density at radius 2 is 1.67 bits per heavy atom. The van der Waals surface area contributed by atoms with E-state index in [1.54, 1.807) is 4.90 Å². The molecule has 0 aliphatic carbocycles. The molecule has 1 atom stereocenters. The Bertz CT molecular complexity index is 454. The smallest absolute Gasteiger partial charge is 0.258 e. The topological polar surface area (TPSA) is 54.0 Å². The summed E-state index contributed by atoms with van der Waals surface area (Å²) in [6, 6.07) is 1.53. The molecule has 1 aromatic carbocycles. The van der Waals surface area contributed by atoms with Crippen LogP contribution < -0.4 is 14.8 Å². The van der Waals surface area contributed by atoms with Gasteiger partial charge in [-0.2, -0.15) is 0 Å². The van der Waals surface area contributed by atoms with Crippen LogP contribution in [0.15, 0.2) is 12.1 Å². The summed E-state index contributed by atoms with van der Waals surface area (Å²) >= 11 is 0. The molecular formula is C14H20F2N2O3. The lowest BCUT2D eigenvalue weighted by molar-refractivity contribution is 0.0158. The number of phenolic OH excluding ortho intramolecular Hbond substituents is 1. The number of ether oxygens (including phenoxy) is 2. The standard InChI is InChI=1S/C14H20F2N2O3/c1-20-10-7-9(19)8-11(21-2)12(10)13(14(15)16)18-5-3-17-4-6-18/h7-8,13-14,17,19H,3-6H2,1-2H3/t13-/m0/s1. The first-order chi connectivity index (χ1) is 10.1. The quantitative estimate of drug-likeness (QED) is 0.866. The third kappa shape index (κ3) is 3.36. The fourth-order valence-corrected chi connectivity index (χ4v) is 2.64. The number of rotatable bonds is 5. The predicted octanol–water partition coefficient (Wildman–Crippen LogP) is 1.62. The number of piperazine rings is 1. The molecule has 5 nitrogen and oxygen atoms in total. The van der Waals surface area contributed by atoms with E-state index >= 15 is 0 Å². The third-order valence-electron chi connectivity index (χ3n) is 3.61. The van der Waals surface area contributed by atoms with Gasteiger partial charge in [-0.25, -0.2) is 8.78 Å². The summed E-state index contributed by atoms with van der Waals surface area (Å²) in [7, 11) is 2.77. The molecule has 1 saturated heterocycles. The van der Waals surface area contributed by atoms with Crippen molar-refractivity contribution >= 4 is 0 Å². The Labute approximate surface area is 122 Å². The van der Waals surface area contributed by atoms with Crippen molar-refractivity contribution in [1.29, 1.82) is 0 Å². The van der Waals surface area contributed by atoms with Gasteiger partial charge < -0.3 is 19.9 Å². The average molecular weight is 302 g/mol. The summed E-state index contributed by atoms with van der Waals surface area (Å²) in [5.41, 5.74) is 0.273. The van der Waals surface area contributed by atoms with E-state index in [1.807, 2.05) is 0 Å². The molecular weight excluding hydrogens is 282 g/mol. The zero-order chi connectivity index (χ0) is 15.4. The second kappa shape index (κ2) is 6.91. The fourth-order valence-electron chi connectivity index (χ4n) is 2.64. The minimum absolute atomic E-state index is 0.0826. The van der Waals surface area contributed by atoms with Gasteiger partial charge in [-0.05, 0) is 0 Å². The van der Waals surface area contributed by atoms with Gasteiger partial charge in [0.05, 0.1) is 19.8 Å². The van der Waals surface area contributed by atoms with Crippen LogP contribution >= 0.6 is 0 Å². The molecule has 1 aliphatic heterocycles. The fraction of sp³-hybridized carbons (Fsp3) is 0.571. The number of aromatic hydroxyl groups is 1. The number of hydrogen-bond acceptors (Lipinski definition) is 5. The number of halogens is 2. The van der Waals surface area contributed by atoms with Crippen LogP contribution in [0.25, 0.3) is 0 Å². The lowest BCUT2D eigenvalue weighted by Gasteiger charge is -2.35. The number of hydrogen-bond donors (Lipinski definition) is 2. The molecule has 118 valence electrons. The van der Waals surface area contributed by atoms with Gasteiger partial charge in [0, 0.05) is 38.3 Å². The number of alkyl halides is 2. The predicted molar refractivity (Wildman–Crippen MR) is 74.4 cm³/mol. The first-order valence-corrected chi connectivity index (χ1v) is 6.76. The van der Waals surface area contributed by atoms with Gasteiger partial charge in [0.2, 0.25) is 0 Å². The van der Waals surface area contributed by atoms with Gasteiger partial charge in [-0.3, -0.25) is 4.90 Å². The van der Waals surface area contributed by atoms with Crippen LogP contribution in [0.5, 0.6) is 17.2 Å². The van der Waals surface area contributed by atoms with Crippen LogP contribution in [-0.4, -0.2) is 56.8 Å². The summed E-state index contributed by atoms with van der Waals surface area (Å²) in [4.78, 5) is 1.71. The second-order valence-corrected chi connectivity index (χ2v) is 4.83. The van der Waals surface area contributed by atoms with Crippen LogP contribution in [0.4, 0.5) is 8.78 Å². The number of methoxy groups -OCH3 is 2. The largest absolute Gasteiger partial charge is 0.508 e. The lowest BCUT2D eigenvalue weighted by Crippen LogP contribution is -2.47. The molecule has 1 heterocycles. The van der Waals surface area contributed by atoms with Crippen LogP contribution in [0.2, 0.25) is 0 Å². The van der Waals surface area contributed by atoms with E-state index in [2.05, 4.69) is 5.32 Å². The zero-order valence-corrected chi connectivity index (χ0v) is 12.1. The van der Waals surface area contributed by atoms with Gasteiger partial charge in [-0.15, -0.1) is 0 Å². The SMILES string of the molecule is COc1cc(O)cc(OC)c1[C@@H](C(F)F)N1CCNCC1. The van der Waals surface area contributed by atoms with Crippen LogP contribution in [0, 0.1) is 0 Å². The maximum atomic E-state index is 13.7. The Balaban J connectivity index is 2.48. The van der Waals surface area contributed by atoms with Crippen molar-refractivity contribution in [1.82, 2.24) is 10.2 Å². The summed E-state index contributed by atoms with van der Waals surface area (Å²) in [5.74, 6) is 0.326. The Morgan fingerprint density at radius 3 is 2.10 bits per heavy atom. The second-order valence-electron chi connectivity index (χ2n) is 4.83. The molecule has 0 radical (unpaired) electrons. The monoisotopic (exact) mass is 302 g/mol. The first kappa shape index (κ1) is 15.8. The molecule has 21 heavy (non-hydrogen) atoms. The molecule has 2 N–H and O–H groups in total. The summed E-state index contributed by atoms with van der Waals surface area (Å²) < 4.78 is 37.7. The van der Waals surface area contributed by atoms with Crippen molar-refractivity contribution in [3.05, 3.63) is 17.7 Å². The molecule has 1 aliphatic rings. The van der Waals surface area contributed by atoms with E-state index < -0.39 is 12.5 Å². The lowest BCUT2D eigenvalue weighted by atomic mass is 10.0. The Hall–Kier alpha value is -1.60. The summed E-state index contributed by atoms with van der Waals surface area (Å²) in [6.45, 7) is 2.35. The van der Waals surface area contributed by atoms with E-state index in [9.17, 15) is 13.9 Å². The van der Waals surface area contributed by atoms with Gasteiger partial charge in [0.1, 0.15) is 23.3 Å². The highest BCUT2D eigenvalue weighted by atomic mass is 19.3. The van der Waals surface area contributed by atoms with Crippen LogP contribution in [0.1, 0.15) is 11.6 Å². The highest BCUT2D eigenvalue weighted by molar-refractivity contribution is 5.52. The van der Waals surface area contributed by atoms with E-state index in [-0.39, 0.29) is 22.8 Å². The van der Waals surface area contributed by atoms with Crippen molar-refractivity contribution in [3.63, 3.8) is 0 Å². The maximum Gasteiger partial charge on any atom is 0.258 e. The van der Waals surface area contributed by atoms with E-state index in [0.717, 1.165) is 0 Å². The van der Waals surface area contributed by atoms with Crippen molar-refractivity contribution in [2.24, 2.45) is 0 Å². The molecule has 0 spiro atoms. The molecule has 0 amide bonds. The molecule has 7 heteroatoms. The molecule has 0 saturated carbocycles. The summed E-state index contributed by atoms with van der Waals surface area (Å²) in [5, 5.41) is 12.8. The van der Waals surface area contributed by atoms with Gasteiger partial charge in [-0.1, -0.05) is 0 Å². The number of nitrogens with zero attached hydrogens (tertiary/aromatic N) is 1. The highest BCUT2D eigenvalue weighted by Gasteiger charge is 2.35. The van der Waals surface area contributed by atoms with Crippen molar-refractivity contribution in [2.45, 2.75) is 12.5 Å². The zero-order valence-electron chi connectivity index (χ0n) is 12.1. The Kier molecular flexibility index (Phi) is 5.19. The van der Waals surface area contributed by atoms with Gasteiger partial charge >= 0.3 is 0 Å². The molecule has 1 aromatic rings. The van der Waals surface area contributed by atoms with E-state index in [4.69, 9.17) is 9.47 Å². The molecule has 0 bridgehead atoms. The first-order valence-electron chi connectivity index (χ1n) is 6.76. The molecule has 0 unspecified atom stereocenters. The minimum atomic E-state index is -2.59.